The van der Waals surface area contributed by atoms with E-state index < -0.39 is 23.1 Å². The van der Waals surface area contributed by atoms with Crippen molar-refractivity contribution in [2.75, 3.05) is 5.32 Å². The highest BCUT2D eigenvalue weighted by Gasteiger charge is 2.51. The first-order valence-corrected chi connectivity index (χ1v) is 13.1. The van der Waals surface area contributed by atoms with Gasteiger partial charge in [-0.2, -0.15) is 4.37 Å². The minimum Gasteiger partial charge on any atom is -0.481 e. The van der Waals surface area contributed by atoms with Gasteiger partial charge in [0.15, 0.2) is 0 Å². The van der Waals surface area contributed by atoms with Crippen LogP contribution in [0, 0.1) is 6.92 Å². The molecule has 2 fully saturated rings. The first-order chi connectivity index (χ1) is 17.9. The van der Waals surface area contributed by atoms with Gasteiger partial charge in [-0.3, -0.25) is 10.1 Å². The van der Waals surface area contributed by atoms with Crippen LogP contribution in [0.4, 0.5) is 10.5 Å². The van der Waals surface area contributed by atoms with Crippen LogP contribution < -0.4 is 5.32 Å². The lowest BCUT2D eigenvalue weighted by Gasteiger charge is -2.18. The Morgan fingerprint density at radius 2 is 1.43 bits per heavy atom. The van der Waals surface area contributed by atoms with E-state index in [1.165, 1.54) is 11.5 Å². The number of hydrogen-bond donors (Lipinski definition) is 2. The Labute approximate surface area is 219 Å². The second kappa shape index (κ2) is 8.85. The molecule has 1 amide bonds. The summed E-state index contributed by atoms with van der Waals surface area (Å²) in [5, 5.41) is 12.5. The van der Waals surface area contributed by atoms with Gasteiger partial charge in [-0.15, -0.1) is 0 Å². The highest BCUT2D eigenvalue weighted by molar-refractivity contribution is 7.10. The maximum absolute atomic E-state index is 12.9. The Balaban J connectivity index is 1.18. The molecule has 0 atom stereocenters. The Morgan fingerprint density at radius 3 is 2.00 bits per heavy atom. The lowest BCUT2D eigenvalue weighted by molar-refractivity contribution is -0.140. The zero-order chi connectivity index (χ0) is 25.6. The van der Waals surface area contributed by atoms with Gasteiger partial charge in [-0.1, -0.05) is 78.9 Å². The van der Waals surface area contributed by atoms with E-state index in [-0.39, 0.29) is 0 Å². The number of anilines is 1. The highest BCUT2D eigenvalue weighted by Crippen LogP contribution is 2.50. The maximum atomic E-state index is 12.9. The Hall–Kier alpha value is -3.97. The average molecular weight is 511 g/mol. The van der Waals surface area contributed by atoms with Crippen molar-refractivity contribution in [3.8, 4) is 21.6 Å². The minimum absolute atomic E-state index is 0.475. The van der Waals surface area contributed by atoms with Gasteiger partial charge in [-0.05, 0) is 72.0 Å². The molecule has 1 heterocycles. The van der Waals surface area contributed by atoms with Crippen molar-refractivity contribution in [2.24, 2.45) is 0 Å². The second-order valence-corrected chi connectivity index (χ2v) is 10.7. The molecule has 0 unspecified atom stereocenters. The van der Waals surface area contributed by atoms with Gasteiger partial charge in [0.2, 0.25) is 0 Å². The molecule has 6 rings (SSSR count). The van der Waals surface area contributed by atoms with Crippen LogP contribution in [0.3, 0.4) is 0 Å². The van der Waals surface area contributed by atoms with E-state index in [2.05, 4.69) is 9.69 Å². The predicted molar refractivity (Wildman–Crippen MR) is 144 cm³/mol. The summed E-state index contributed by atoms with van der Waals surface area (Å²) in [6.07, 6.45) is 2.55. The number of carbonyl (C=O) groups is 2. The SMILES string of the molecule is Cc1nsc(-c2ccc(-c3ccc(C4(C(=O)O)CC4)cc3)cc2)c1NC(=O)OC1(c2ccccc2)CC1. The minimum atomic E-state index is -0.745. The first kappa shape index (κ1) is 23.4. The van der Waals surface area contributed by atoms with Gasteiger partial charge >= 0.3 is 12.1 Å². The number of hydrogen-bond acceptors (Lipinski definition) is 5. The van der Waals surface area contributed by atoms with Gasteiger partial charge in [0.05, 0.1) is 21.7 Å². The molecule has 37 heavy (non-hydrogen) atoms. The van der Waals surface area contributed by atoms with Gasteiger partial charge in [-0.25, -0.2) is 4.79 Å². The average Bonchev–Trinajstić information content (AvgIpc) is 3.84. The number of benzene rings is 3. The molecule has 0 radical (unpaired) electrons. The van der Waals surface area contributed by atoms with Crippen molar-refractivity contribution in [1.82, 2.24) is 4.37 Å². The number of nitrogens with zero attached hydrogens (tertiary/aromatic N) is 1. The normalized spacial score (nSPS) is 16.6. The number of aryl methyl sites for hydroxylation is 1. The molecule has 7 heteroatoms. The van der Waals surface area contributed by atoms with E-state index in [0.717, 1.165) is 51.2 Å². The van der Waals surface area contributed by atoms with Gasteiger partial charge in [0, 0.05) is 0 Å². The predicted octanol–water partition coefficient (Wildman–Crippen LogP) is 7.14. The number of carboxylic acid groups (broad SMARTS) is 1. The highest BCUT2D eigenvalue weighted by atomic mass is 32.1. The van der Waals surface area contributed by atoms with Crippen molar-refractivity contribution in [3.63, 3.8) is 0 Å². The molecule has 0 saturated heterocycles. The van der Waals surface area contributed by atoms with Crippen LogP contribution >= 0.6 is 11.5 Å². The van der Waals surface area contributed by atoms with E-state index in [1.807, 2.05) is 85.8 Å². The summed E-state index contributed by atoms with van der Waals surface area (Å²) in [6, 6.07) is 25.7. The van der Waals surface area contributed by atoms with Crippen LogP contribution in [0.5, 0.6) is 0 Å². The number of carboxylic acids is 1. The molecule has 186 valence electrons. The molecule has 2 aliphatic carbocycles. The Morgan fingerprint density at radius 1 is 0.838 bits per heavy atom. The van der Waals surface area contributed by atoms with Gasteiger partial charge < -0.3 is 9.84 Å². The largest absolute Gasteiger partial charge is 0.481 e. The smallest absolute Gasteiger partial charge is 0.412 e. The monoisotopic (exact) mass is 510 g/mol. The molecule has 0 aliphatic heterocycles. The topological polar surface area (TPSA) is 88.5 Å². The third kappa shape index (κ3) is 4.29. The van der Waals surface area contributed by atoms with E-state index in [1.54, 1.807) is 0 Å². The first-order valence-electron chi connectivity index (χ1n) is 12.4. The number of nitrogens with one attached hydrogen (secondary N) is 1. The lowest BCUT2D eigenvalue weighted by atomic mass is 9.93. The quantitative estimate of drug-likeness (QED) is 0.276. The summed E-state index contributed by atoms with van der Waals surface area (Å²) in [5.74, 6) is -0.745. The number of ether oxygens (including phenoxy) is 1. The summed E-state index contributed by atoms with van der Waals surface area (Å²) in [7, 11) is 0. The molecule has 4 aromatic rings. The van der Waals surface area contributed by atoms with Crippen LogP contribution in [0.15, 0.2) is 78.9 Å². The summed E-state index contributed by atoms with van der Waals surface area (Å²) in [5.41, 5.74) is 5.06. The molecular weight excluding hydrogens is 484 g/mol. The maximum Gasteiger partial charge on any atom is 0.412 e. The number of aromatic nitrogens is 1. The Bertz CT molecular complexity index is 1470. The zero-order valence-corrected chi connectivity index (χ0v) is 21.2. The fourth-order valence-corrected chi connectivity index (χ4v) is 5.72. The van der Waals surface area contributed by atoms with Crippen molar-refractivity contribution in [3.05, 3.63) is 95.7 Å². The number of carbonyl (C=O) groups excluding carboxylic acids is 1. The second-order valence-electron chi connectivity index (χ2n) is 9.89. The van der Waals surface area contributed by atoms with Crippen molar-refractivity contribution < 1.29 is 19.4 Å². The fourth-order valence-electron chi connectivity index (χ4n) is 4.87. The van der Waals surface area contributed by atoms with E-state index in [0.29, 0.717) is 18.5 Å². The van der Waals surface area contributed by atoms with E-state index in [4.69, 9.17) is 4.74 Å². The third-order valence-corrected chi connectivity index (χ3v) is 8.45. The van der Waals surface area contributed by atoms with Crippen LogP contribution in [0.2, 0.25) is 0 Å². The van der Waals surface area contributed by atoms with Crippen LogP contribution in [-0.2, 0) is 20.5 Å². The third-order valence-electron chi connectivity index (χ3n) is 7.46. The number of amides is 1. The molecule has 2 aliphatic rings. The fraction of sp³-hybridized carbons (Fsp3) is 0.233. The molecule has 1 aromatic heterocycles. The summed E-state index contributed by atoms with van der Waals surface area (Å²) in [4.78, 5) is 25.3. The lowest BCUT2D eigenvalue weighted by Crippen LogP contribution is -2.22. The van der Waals surface area contributed by atoms with Crippen LogP contribution in [-0.4, -0.2) is 21.5 Å². The van der Waals surface area contributed by atoms with E-state index >= 15 is 0 Å². The molecule has 2 saturated carbocycles. The molecule has 6 nitrogen and oxygen atoms in total. The number of rotatable bonds is 7. The molecule has 3 aromatic carbocycles. The summed E-state index contributed by atoms with van der Waals surface area (Å²) < 4.78 is 10.3. The molecular formula is C30H26N2O4S. The summed E-state index contributed by atoms with van der Waals surface area (Å²) in [6.45, 7) is 1.87. The van der Waals surface area contributed by atoms with Crippen molar-refractivity contribution in [1.29, 1.82) is 0 Å². The molecule has 0 spiro atoms. The molecule has 0 bridgehead atoms. The van der Waals surface area contributed by atoms with Crippen molar-refractivity contribution >= 4 is 29.3 Å². The summed E-state index contributed by atoms with van der Waals surface area (Å²) >= 11 is 1.34. The Kier molecular flexibility index (Phi) is 5.60. The van der Waals surface area contributed by atoms with Crippen LogP contribution in [0.1, 0.15) is 42.5 Å². The van der Waals surface area contributed by atoms with Crippen molar-refractivity contribution in [2.45, 2.75) is 43.6 Å². The van der Waals surface area contributed by atoms with E-state index in [9.17, 15) is 14.7 Å². The van der Waals surface area contributed by atoms with Gasteiger partial charge in [0.25, 0.3) is 0 Å². The molecule has 2 N–H and O–H groups in total. The standard InChI is InChI=1S/C30H26N2O4S/c1-19-25(31-28(35)36-30(17-18-30)24-5-3-2-4-6-24)26(37-32-19)22-9-7-20(8-10-22)21-11-13-23(14-12-21)29(15-16-29)27(33)34/h2-14H,15-18H2,1H3,(H,31,35)(H,33,34). The zero-order valence-electron chi connectivity index (χ0n) is 20.4. The number of aliphatic carboxylic acids is 1. The van der Waals surface area contributed by atoms with Crippen LogP contribution in [0.25, 0.3) is 21.6 Å². The van der Waals surface area contributed by atoms with Gasteiger partial charge in [0.1, 0.15) is 5.60 Å².